The topological polar surface area (TPSA) is 29.5 Å². The predicted octanol–water partition coefficient (Wildman–Crippen LogP) is 1.34. The first kappa shape index (κ1) is 9.71. The molecule has 0 aromatic heterocycles. The summed E-state index contributed by atoms with van der Waals surface area (Å²) in [6, 6.07) is 0. The number of hydrogen-bond acceptors (Lipinski definition) is 3. The number of carbonyl (C=O) groups is 1. The van der Waals surface area contributed by atoms with Crippen molar-refractivity contribution < 1.29 is 9.53 Å². The van der Waals surface area contributed by atoms with E-state index in [2.05, 4.69) is 17.9 Å². The van der Waals surface area contributed by atoms with E-state index in [4.69, 9.17) is 4.74 Å². The largest absolute Gasteiger partial charge is 0.467 e. The Hall–Kier alpha value is -0.830. The Bertz CT molecular complexity index is 285. The normalized spacial score (nSPS) is 31.4. The third-order valence-electron chi connectivity index (χ3n) is 3.50. The van der Waals surface area contributed by atoms with Crippen LogP contribution in [0.5, 0.6) is 0 Å². The lowest BCUT2D eigenvalue weighted by Gasteiger charge is -2.31. The fourth-order valence-electron chi connectivity index (χ4n) is 2.84. The number of ether oxygens (including phenoxy) is 1. The van der Waals surface area contributed by atoms with Gasteiger partial charge in [-0.25, -0.2) is 4.79 Å². The Kier molecular flexibility index (Phi) is 2.35. The molecule has 2 heterocycles. The zero-order valence-electron chi connectivity index (χ0n) is 8.88. The molecule has 1 fully saturated rings. The van der Waals surface area contributed by atoms with Gasteiger partial charge in [0.05, 0.1) is 7.11 Å². The Morgan fingerprint density at radius 3 is 3.14 bits per heavy atom. The summed E-state index contributed by atoms with van der Waals surface area (Å²) in [5, 5.41) is 0. The Morgan fingerprint density at radius 1 is 1.71 bits per heavy atom. The van der Waals surface area contributed by atoms with Crippen LogP contribution in [0.15, 0.2) is 11.6 Å². The second-order valence-electron chi connectivity index (χ2n) is 3.98. The van der Waals surface area contributed by atoms with Crippen molar-refractivity contribution in [3.05, 3.63) is 11.6 Å². The van der Waals surface area contributed by atoms with Gasteiger partial charge in [0.1, 0.15) is 5.54 Å². The van der Waals surface area contributed by atoms with E-state index in [0.717, 1.165) is 32.4 Å². The van der Waals surface area contributed by atoms with Crippen molar-refractivity contribution in [2.24, 2.45) is 0 Å². The number of rotatable bonds is 2. The lowest BCUT2D eigenvalue weighted by Crippen LogP contribution is -2.49. The van der Waals surface area contributed by atoms with E-state index in [1.54, 1.807) is 0 Å². The maximum atomic E-state index is 11.9. The maximum absolute atomic E-state index is 11.9. The van der Waals surface area contributed by atoms with Crippen LogP contribution in [0, 0.1) is 0 Å². The summed E-state index contributed by atoms with van der Waals surface area (Å²) < 4.78 is 4.95. The highest BCUT2D eigenvalue weighted by Crippen LogP contribution is 2.41. The van der Waals surface area contributed by atoms with Gasteiger partial charge in [0.2, 0.25) is 0 Å². The van der Waals surface area contributed by atoms with Crippen molar-refractivity contribution >= 4 is 5.97 Å². The van der Waals surface area contributed by atoms with Crippen LogP contribution in [0.2, 0.25) is 0 Å². The van der Waals surface area contributed by atoms with Crippen molar-refractivity contribution in [3.8, 4) is 0 Å². The highest BCUT2D eigenvalue weighted by Gasteiger charge is 2.52. The predicted molar refractivity (Wildman–Crippen MR) is 53.9 cm³/mol. The molecule has 0 aromatic rings. The molecule has 78 valence electrons. The van der Waals surface area contributed by atoms with Crippen molar-refractivity contribution in [3.63, 3.8) is 0 Å². The highest BCUT2D eigenvalue weighted by atomic mass is 16.5. The summed E-state index contributed by atoms with van der Waals surface area (Å²) in [5.74, 6) is -0.0689. The third kappa shape index (κ3) is 1.05. The maximum Gasteiger partial charge on any atom is 0.330 e. The average molecular weight is 195 g/mol. The molecule has 14 heavy (non-hydrogen) atoms. The fourth-order valence-corrected chi connectivity index (χ4v) is 2.84. The van der Waals surface area contributed by atoms with Crippen molar-refractivity contribution in [2.75, 3.05) is 20.2 Å². The quantitative estimate of drug-likeness (QED) is 0.492. The molecule has 0 amide bonds. The lowest BCUT2D eigenvalue weighted by molar-refractivity contribution is -0.150. The summed E-state index contributed by atoms with van der Waals surface area (Å²) in [6.45, 7) is 4.05. The van der Waals surface area contributed by atoms with E-state index >= 15 is 0 Å². The number of carbonyl (C=O) groups excluding carboxylic acids is 1. The molecular formula is C11H17NO2. The first-order valence-corrected chi connectivity index (χ1v) is 5.28. The summed E-state index contributed by atoms with van der Waals surface area (Å²) in [5.41, 5.74) is 0.866. The molecule has 0 N–H and O–H groups in total. The standard InChI is InChI=1S/C11H17NO2/c1-3-9-5-8-12-7-4-6-11(9,12)10(13)14-2/h5H,3-4,6-8H2,1-2H3. The first-order valence-electron chi connectivity index (χ1n) is 5.28. The Balaban J connectivity index is 2.35. The van der Waals surface area contributed by atoms with Gasteiger partial charge in [0, 0.05) is 6.54 Å². The molecule has 2 aliphatic rings. The molecule has 1 saturated heterocycles. The molecule has 0 aromatic carbocycles. The second-order valence-corrected chi connectivity index (χ2v) is 3.98. The molecule has 1 unspecified atom stereocenters. The number of fused-ring (bicyclic) bond motifs is 1. The molecule has 0 spiro atoms. The zero-order valence-corrected chi connectivity index (χ0v) is 8.88. The van der Waals surface area contributed by atoms with Gasteiger partial charge in [-0.05, 0) is 31.4 Å². The van der Waals surface area contributed by atoms with E-state index in [-0.39, 0.29) is 11.5 Å². The van der Waals surface area contributed by atoms with Gasteiger partial charge in [-0.3, -0.25) is 4.90 Å². The Morgan fingerprint density at radius 2 is 2.50 bits per heavy atom. The smallest absolute Gasteiger partial charge is 0.330 e. The SMILES string of the molecule is CCC1=CCN2CCCC12C(=O)OC. The van der Waals surface area contributed by atoms with Crippen LogP contribution in [-0.2, 0) is 9.53 Å². The van der Waals surface area contributed by atoms with E-state index < -0.39 is 0 Å². The van der Waals surface area contributed by atoms with Crippen LogP contribution in [0.3, 0.4) is 0 Å². The number of hydrogen-bond donors (Lipinski definition) is 0. The minimum Gasteiger partial charge on any atom is -0.467 e. The summed E-state index contributed by atoms with van der Waals surface area (Å²) >= 11 is 0. The Labute approximate surface area is 84.7 Å². The van der Waals surface area contributed by atoms with Gasteiger partial charge in [-0.2, -0.15) is 0 Å². The van der Waals surface area contributed by atoms with Crippen LogP contribution < -0.4 is 0 Å². The van der Waals surface area contributed by atoms with Crippen LogP contribution in [0.1, 0.15) is 26.2 Å². The van der Waals surface area contributed by atoms with Crippen molar-refractivity contribution in [1.29, 1.82) is 0 Å². The van der Waals surface area contributed by atoms with Crippen molar-refractivity contribution in [1.82, 2.24) is 4.90 Å². The van der Waals surface area contributed by atoms with E-state index in [1.807, 2.05) is 0 Å². The van der Waals surface area contributed by atoms with Crippen LogP contribution in [-0.4, -0.2) is 36.6 Å². The van der Waals surface area contributed by atoms with Gasteiger partial charge < -0.3 is 4.74 Å². The molecular weight excluding hydrogens is 178 g/mol. The second kappa shape index (κ2) is 3.39. The minimum absolute atomic E-state index is 0.0689. The third-order valence-corrected chi connectivity index (χ3v) is 3.50. The van der Waals surface area contributed by atoms with E-state index in [1.165, 1.54) is 12.7 Å². The number of nitrogens with zero attached hydrogens (tertiary/aromatic N) is 1. The van der Waals surface area contributed by atoms with Crippen LogP contribution in [0.25, 0.3) is 0 Å². The average Bonchev–Trinajstić information content (AvgIpc) is 2.74. The number of methoxy groups -OCH3 is 1. The molecule has 0 bridgehead atoms. The fraction of sp³-hybridized carbons (Fsp3) is 0.727. The lowest BCUT2D eigenvalue weighted by atomic mass is 9.87. The van der Waals surface area contributed by atoms with Crippen LogP contribution in [0.4, 0.5) is 0 Å². The summed E-state index contributed by atoms with van der Waals surface area (Å²) in [6.07, 6.45) is 5.17. The molecule has 3 heteroatoms. The molecule has 3 nitrogen and oxygen atoms in total. The van der Waals surface area contributed by atoms with E-state index in [0.29, 0.717) is 0 Å². The zero-order chi connectivity index (χ0) is 10.2. The number of esters is 1. The molecule has 0 radical (unpaired) electrons. The van der Waals surface area contributed by atoms with E-state index in [9.17, 15) is 4.79 Å². The molecule has 0 saturated carbocycles. The molecule has 1 atom stereocenters. The van der Waals surface area contributed by atoms with Gasteiger partial charge in [0.15, 0.2) is 0 Å². The van der Waals surface area contributed by atoms with Gasteiger partial charge in [-0.15, -0.1) is 0 Å². The van der Waals surface area contributed by atoms with Gasteiger partial charge >= 0.3 is 5.97 Å². The van der Waals surface area contributed by atoms with Crippen LogP contribution >= 0.6 is 0 Å². The minimum atomic E-state index is -0.385. The highest BCUT2D eigenvalue weighted by molar-refractivity contribution is 5.86. The monoisotopic (exact) mass is 195 g/mol. The first-order chi connectivity index (χ1) is 6.75. The molecule has 0 aliphatic carbocycles. The molecule has 2 aliphatic heterocycles. The summed E-state index contributed by atoms with van der Waals surface area (Å²) in [7, 11) is 1.49. The summed E-state index contributed by atoms with van der Waals surface area (Å²) in [4.78, 5) is 14.1. The van der Waals surface area contributed by atoms with Crippen molar-refractivity contribution in [2.45, 2.75) is 31.7 Å². The van der Waals surface area contributed by atoms with Gasteiger partial charge in [0.25, 0.3) is 0 Å². The van der Waals surface area contributed by atoms with Gasteiger partial charge in [-0.1, -0.05) is 13.0 Å². The molecule has 2 rings (SSSR count).